The predicted octanol–water partition coefficient (Wildman–Crippen LogP) is 4.33. The third-order valence-corrected chi connectivity index (χ3v) is 8.06. The summed E-state index contributed by atoms with van der Waals surface area (Å²) in [6.07, 6.45) is 15.3. The molecule has 6 unspecified atom stereocenters. The largest absolute Gasteiger partial charge is 0.389 e. The number of hydrogen-bond acceptors (Lipinski definition) is 1. The first-order chi connectivity index (χ1) is 9.40. The molecule has 1 heteroatoms. The molecule has 1 nitrogen and oxygen atoms in total. The van der Waals surface area contributed by atoms with Gasteiger partial charge in [0, 0.05) is 11.3 Å². The molecule has 0 spiro atoms. The molecule has 0 aromatic rings. The maximum atomic E-state index is 11.7. The van der Waals surface area contributed by atoms with E-state index in [1.54, 1.807) is 0 Å². The molecule has 4 aliphatic carbocycles. The van der Waals surface area contributed by atoms with Crippen LogP contribution < -0.4 is 0 Å². The van der Waals surface area contributed by atoms with E-state index >= 15 is 0 Å². The minimum absolute atomic E-state index is 0.0930. The van der Waals surface area contributed by atoms with E-state index < -0.39 is 5.60 Å². The van der Waals surface area contributed by atoms with Crippen molar-refractivity contribution in [2.75, 3.05) is 0 Å². The van der Waals surface area contributed by atoms with Crippen molar-refractivity contribution in [2.24, 2.45) is 34.5 Å². The van der Waals surface area contributed by atoms with E-state index in [0.29, 0.717) is 23.7 Å². The Morgan fingerprint density at radius 1 is 1.05 bits per heavy atom. The molecule has 0 aliphatic heterocycles. The van der Waals surface area contributed by atoms with Crippen LogP contribution in [-0.4, -0.2) is 10.7 Å². The second-order valence-corrected chi connectivity index (χ2v) is 8.60. The Hall–Kier alpha value is -0.560. The van der Waals surface area contributed by atoms with Gasteiger partial charge in [-0.2, -0.15) is 0 Å². The zero-order valence-electron chi connectivity index (χ0n) is 13.1. The zero-order chi connectivity index (χ0) is 14.2. The zero-order valence-corrected chi connectivity index (χ0v) is 13.1. The van der Waals surface area contributed by atoms with Crippen LogP contribution in [0, 0.1) is 34.5 Å². The standard InChI is InChI=1S/C19H28O/c1-17(2)14-10-11-18(17,3)19(20,12-14)16-9-8-13-6-4-5-7-15(13)16/h4-5,8-9,13-16,20H,6-7,10-12H2,1-3H3. The van der Waals surface area contributed by atoms with Crippen molar-refractivity contribution in [3.8, 4) is 0 Å². The Bertz CT molecular complexity index is 488. The van der Waals surface area contributed by atoms with Crippen molar-refractivity contribution in [3.63, 3.8) is 0 Å². The molecule has 0 heterocycles. The molecular formula is C19H28O. The van der Waals surface area contributed by atoms with E-state index in [0.717, 1.165) is 12.8 Å². The molecule has 110 valence electrons. The smallest absolute Gasteiger partial charge is 0.0774 e. The molecule has 6 atom stereocenters. The average molecular weight is 272 g/mol. The maximum Gasteiger partial charge on any atom is 0.0774 e. The quantitative estimate of drug-likeness (QED) is 0.704. The molecule has 20 heavy (non-hydrogen) atoms. The van der Waals surface area contributed by atoms with Gasteiger partial charge in [0.15, 0.2) is 0 Å². The maximum absolute atomic E-state index is 11.7. The lowest BCUT2D eigenvalue weighted by Gasteiger charge is -2.50. The minimum Gasteiger partial charge on any atom is -0.389 e. The Kier molecular flexibility index (Phi) is 2.49. The van der Waals surface area contributed by atoms with Gasteiger partial charge in [-0.15, -0.1) is 0 Å². The monoisotopic (exact) mass is 272 g/mol. The van der Waals surface area contributed by atoms with Crippen LogP contribution >= 0.6 is 0 Å². The second-order valence-electron chi connectivity index (χ2n) is 8.60. The topological polar surface area (TPSA) is 20.2 Å². The number of aliphatic hydroxyl groups is 1. The van der Waals surface area contributed by atoms with Crippen LogP contribution in [0.1, 0.15) is 52.9 Å². The van der Waals surface area contributed by atoms with Gasteiger partial charge in [-0.1, -0.05) is 45.1 Å². The van der Waals surface area contributed by atoms with E-state index in [-0.39, 0.29) is 10.8 Å². The lowest BCUT2D eigenvalue weighted by atomic mass is 9.58. The van der Waals surface area contributed by atoms with E-state index in [2.05, 4.69) is 45.1 Å². The fourth-order valence-corrected chi connectivity index (χ4v) is 6.24. The van der Waals surface area contributed by atoms with Gasteiger partial charge in [0.2, 0.25) is 0 Å². The lowest BCUT2D eigenvalue weighted by Crippen LogP contribution is -2.53. The van der Waals surface area contributed by atoms with Crippen LogP contribution in [0.2, 0.25) is 0 Å². The summed E-state index contributed by atoms with van der Waals surface area (Å²) in [6.45, 7) is 7.18. The summed E-state index contributed by atoms with van der Waals surface area (Å²) in [5.41, 5.74) is -0.0889. The van der Waals surface area contributed by atoms with Crippen molar-refractivity contribution in [1.29, 1.82) is 0 Å². The number of allylic oxidation sites excluding steroid dienone is 3. The van der Waals surface area contributed by atoms with Crippen molar-refractivity contribution in [2.45, 2.75) is 58.5 Å². The van der Waals surface area contributed by atoms with Crippen LogP contribution in [0.5, 0.6) is 0 Å². The van der Waals surface area contributed by atoms with E-state index in [9.17, 15) is 5.11 Å². The Morgan fingerprint density at radius 3 is 2.45 bits per heavy atom. The predicted molar refractivity (Wildman–Crippen MR) is 82.2 cm³/mol. The molecule has 0 saturated heterocycles. The number of rotatable bonds is 1. The molecule has 4 aliphatic rings. The van der Waals surface area contributed by atoms with Crippen LogP contribution in [0.3, 0.4) is 0 Å². The molecule has 2 saturated carbocycles. The lowest BCUT2D eigenvalue weighted by molar-refractivity contribution is -0.131. The van der Waals surface area contributed by atoms with Gasteiger partial charge in [-0.25, -0.2) is 0 Å². The first-order valence-corrected chi connectivity index (χ1v) is 8.46. The molecule has 0 amide bonds. The van der Waals surface area contributed by atoms with Gasteiger partial charge in [0.1, 0.15) is 0 Å². The number of fused-ring (bicyclic) bond motifs is 3. The molecule has 0 aromatic carbocycles. The first kappa shape index (κ1) is 13.1. The van der Waals surface area contributed by atoms with Gasteiger partial charge in [0.25, 0.3) is 0 Å². The minimum atomic E-state index is -0.472. The molecule has 1 N–H and O–H groups in total. The van der Waals surface area contributed by atoms with Gasteiger partial charge >= 0.3 is 0 Å². The summed E-state index contributed by atoms with van der Waals surface area (Å²) in [5, 5.41) is 11.7. The fourth-order valence-electron chi connectivity index (χ4n) is 6.24. The highest BCUT2D eigenvalue weighted by Gasteiger charge is 2.71. The van der Waals surface area contributed by atoms with Crippen molar-refractivity contribution < 1.29 is 5.11 Å². The summed E-state index contributed by atoms with van der Waals surface area (Å²) in [5.74, 6) is 2.42. The average Bonchev–Trinajstić information content (AvgIpc) is 2.98. The molecular weight excluding hydrogens is 244 g/mol. The third-order valence-electron chi connectivity index (χ3n) is 8.06. The fraction of sp³-hybridized carbons (Fsp3) is 0.789. The van der Waals surface area contributed by atoms with Crippen LogP contribution in [0.25, 0.3) is 0 Å². The second kappa shape index (κ2) is 3.80. The Morgan fingerprint density at radius 2 is 1.80 bits per heavy atom. The highest BCUT2D eigenvalue weighted by atomic mass is 16.3. The van der Waals surface area contributed by atoms with Gasteiger partial charge < -0.3 is 5.11 Å². The number of hydrogen-bond donors (Lipinski definition) is 1. The van der Waals surface area contributed by atoms with Crippen LogP contribution in [0.15, 0.2) is 24.3 Å². The third kappa shape index (κ3) is 1.29. The van der Waals surface area contributed by atoms with Crippen molar-refractivity contribution in [3.05, 3.63) is 24.3 Å². The van der Waals surface area contributed by atoms with E-state index in [1.807, 2.05) is 0 Å². The summed E-state index contributed by atoms with van der Waals surface area (Å²) in [6, 6.07) is 0. The Balaban J connectivity index is 1.73. The molecule has 2 bridgehead atoms. The van der Waals surface area contributed by atoms with E-state index in [1.165, 1.54) is 19.3 Å². The van der Waals surface area contributed by atoms with Crippen molar-refractivity contribution >= 4 is 0 Å². The van der Waals surface area contributed by atoms with Gasteiger partial charge in [-0.05, 0) is 55.3 Å². The van der Waals surface area contributed by atoms with Crippen LogP contribution in [0.4, 0.5) is 0 Å². The summed E-state index contributed by atoms with van der Waals surface area (Å²) >= 11 is 0. The molecule has 2 fully saturated rings. The summed E-state index contributed by atoms with van der Waals surface area (Å²) in [4.78, 5) is 0. The van der Waals surface area contributed by atoms with Crippen LogP contribution in [-0.2, 0) is 0 Å². The highest BCUT2D eigenvalue weighted by Crippen LogP contribution is 2.72. The van der Waals surface area contributed by atoms with Crippen molar-refractivity contribution in [1.82, 2.24) is 0 Å². The van der Waals surface area contributed by atoms with Gasteiger partial charge in [0.05, 0.1) is 5.60 Å². The highest BCUT2D eigenvalue weighted by molar-refractivity contribution is 5.26. The SMILES string of the molecule is CC1(C)C2CCC1(C)C(O)(C1C=CC3CC=CCC31)C2. The molecule has 0 radical (unpaired) electrons. The van der Waals surface area contributed by atoms with E-state index in [4.69, 9.17) is 0 Å². The van der Waals surface area contributed by atoms with Gasteiger partial charge in [-0.3, -0.25) is 0 Å². The normalized spacial score (nSPS) is 55.4. The summed E-state index contributed by atoms with van der Waals surface area (Å²) < 4.78 is 0. The Labute approximate surface area is 123 Å². The summed E-state index contributed by atoms with van der Waals surface area (Å²) in [7, 11) is 0. The molecule has 4 rings (SSSR count). The molecule has 0 aromatic heterocycles. The first-order valence-electron chi connectivity index (χ1n) is 8.46.